The Bertz CT molecular complexity index is 1080. The van der Waals surface area contributed by atoms with Crippen LogP contribution in [-0.4, -0.2) is 64.4 Å². The van der Waals surface area contributed by atoms with Gasteiger partial charge < -0.3 is 29.5 Å². The quantitative estimate of drug-likeness (QED) is 0.347. The number of ether oxygens (including phenoxy) is 3. The summed E-state index contributed by atoms with van der Waals surface area (Å²) < 4.78 is 55.2. The lowest BCUT2D eigenvalue weighted by Gasteiger charge is -2.23. The molecular formula is C25H25F3O8. The molecule has 0 spiro atoms. The molecule has 36 heavy (non-hydrogen) atoms. The number of aliphatic carboxylic acids is 1. The molecule has 1 aliphatic heterocycles. The first-order chi connectivity index (χ1) is 17.0. The summed E-state index contributed by atoms with van der Waals surface area (Å²) in [5.74, 6) is -3.38. The second-order valence-electron chi connectivity index (χ2n) is 8.92. The van der Waals surface area contributed by atoms with Crippen molar-refractivity contribution in [3.05, 3.63) is 65.7 Å². The fourth-order valence-electron chi connectivity index (χ4n) is 4.73. The van der Waals surface area contributed by atoms with Gasteiger partial charge >= 0.3 is 18.1 Å². The van der Waals surface area contributed by atoms with Crippen LogP contribution in [0.1, 0.15) is 28.8 Å². The molecule has 1 heterocycles. The molecular weight excluding hydrogens is 485 g/mol. The summed E-state index contributed by atoms with van der Waals surface area (Å²) >= 11 is 0. The number of alkyl halides is 3. The van der Waals surface area contributed by atoms with Crippen LogP contribution in [0.5, 0.6) is 5.75 Å². The summed E-state index contributed by atoms with van der Waals surface area (Å²) in [6.07, 6.45) is -9.68. The molecule has 2 aromatic carbocycles. The summed E-state index contributed by atoms with van der Waals surface area (Å²) in [5, 5.41) is 30.4. The van der Waals surface area contributed by atoms with E-state index >= 15 is 0 Å². The number of esters is 1. The van der Waals surface area contributed by atoms with E-state index in [1.807, 2.05) is 0 Å². The summed E-state index contributed by atoms with van der Waals surface area (Å²) in [6.45, 7) is -0.379. The Morgan fingerprint density at radius 2 is 1.83 bits per heavy atom. The first kappa shape index (κ1) is 25.9. The first-order valence-electron chi connectivity index (χ1n) is 11.3. The van der Waals surface area contributed by atoms with Gasteiger partial charge in [-0.05, 0) is 30.3 Å². The zero-order valence-electron chi connectivity index (χ0n) is 18.9. The second kappa shape index (κ2) is 10.5. The Kier molecular flexibility index (Phi) is 7.53. The molecule has 2 aliphatic rings. The summed E-state index contributed by atoms with van der Waals surface area (Å²) in [7, 11) is 0. The Hall–Kier alpha value is -3.15. The van der Waals surface area contributed by atoms with Crippen molar-refractivity contribution in [3.8, 4) is 5.75 Å². The van der Waals surface area contributed by atoms with Crippen molar-refractivity contribution in [2.45, 2.75) is 49.5 Å². The molecule has 1 aliphatic carbocycles. The zero-order valence-corrected chi connectivity index (χ0v) is 18.9. The maximum atomic E-state index is 12.9. The average Bonchev–Trinajstić information content (AvgIpc) is 3.56. The zero-order chi connectivity index (χ0) is 26.0. The summed E-state index contributed by atoms with van der Waals surface area (Å²) in [5.41, 5.74) is -0.607. The maximum absolute atomic E-state index is 12.9. The molecule has 8 nitrogen and oxygen atoms in total. The van der Waals surface area contributed by atoms with Gasteiger partial charge in [0.2, 0.25) is 0 Å². The molecule has 0 aromatic heterocycles. The van der Waals surface area contributed by atoms with Gasteiger partial charge in [-0.15, -0.1) is 0 Å². The molecule has 0 amide bonds. The first-order valence-corrected chi connectivity index (χ1v) is 11.3. The highest BCUT2D eigenvalue weighted by Crippen LogP contribution is 2.47. The van der Waals surface area contributed by atoms with E-state index in [-0.39, 0.29) is 24.3 Å². The number of carboxylic acid groups (broad SMARTS) is 1. The molecule has 4 rings (SSSR count). The van der Waals surface area contributed by atoms with Gasteiger partial charge in [0.1, 0.15) is 30.7 Å². The van der Waals surface area contributed by atoms with E-state index in [0.29, 0.717) is 0 Å². The number of carbonyl (C=O) groups is 2. The molecule has 7 atom stereocenters. The summed E-state index contributed by atoms with van der Waals surface area (Å²) in [4.78, 5) is 24.0. The topological polar surface area (TPSA) is 126 Å². The van der Waals surface area contributed by atoms with Crippen LogP contribution in [0.25, 0.3) is 0 Å². The molecule has 2 aromatic rings. The van der Waals surface area contributed by atoms with Gasteiger partial charge in [0, 0.05) is 18.3 Å². The minimum Gasteiger partial charge on any atom is -0.491 e. The van der Waals surface area contributed by atoms with E-state index < -0.39 is 72.5 Å². The molecule has 1 saturated carbocycles. The van der Waals surface area contributed by atoms with Crippen LogP contribution >= 0.6 is 0 Å². The van der Waals surface area contributed by atoms with E-state index in [1.165, 1.54) is 12.1 Å². The van der Waals surface area contributed by atoms with Crippen LogP contribution in [-0.2, 0) is 20.4 Å². The summed E-state index contributed by atoms with van der Waals surface area (Å²) in [6, 6.07) is 12.4. The number of halogens is 3. The molecule has 0 bridgehead atoms. The van der Waals surface area contributed by atoms with Crippen LogP contribution in [0.2, 0.25) is 0 Å². The van der Waals surface area contributed by atoms with Gasteiger partial charge in [0.15, 0.2) is 0 Å². The Morgan fingerprint density at radius 1 is 1.11 bits per heavy atom. The highest BCUT2D eigenvalue weighted by atomic mass is 19.4. The predicted octanol–water partition coefficient (Wildman–Crippen LogP) is 2.91. The molecule has 1 unspecified atom stereocenters. The number of carbonyl (C=O) groups excluding carboxylic acids is 1. The molecule has 11 heteroatoms. The number of aliphatic hydroxyl groups excluding tert-OH is 2. The molecule has 1 saturated heterocycles. The minimum absolute atomic E-state index is 0.00456. The van der Waals surface area contributed by atoms with Crippen molar-refractivity contribution in [1.29, 1.82) is 0 Å². The minimum atomic E-state index is -4.54. The Balaban J connectivity index is 1.42. The smallest absolute Gasteiger partial charge is 0.416 e. The normalized spacial score (nSPS) is 28.4. The van der Waals surface area contributed by atoms with Crippen LogP contribution in [0.15, 0.2) is 54.6 Å². The van der Waals surface area contributed by atoms with Crippen molar-refractivity contribution < 1.29 is 52.3 Å². The highest BCUT2D eigenvalue weighted by Gasteiger charge is 2.59. The lowest BCUT2D eigenvalue weighted by atomic mass is 9.86. The van der Waals surface area contributed by atoms with E-state index in [4.69, 9.17) is 14.2 Å². The van der Waals surface area contributed by atoms with Crippen molar-refractivity contribution >= 4 is 11.9 Å². The third-order valence-corrected chi connectivity index (χ3v) is 6.47. The van der Waals surface area contributed by atoms with Crippen LogP contribution in [0, 0.1) is 11.8 Å². The molecule has 3 N–H and O–H groups in total. The number of hydrogen-bond acceptors (Lipinski definition) is 7. The van der Waals surface area contributed by atoms with Crippen LogP contribution in [0.3, 0.4) is 0 Å². The monoisotopic (exact) mass is 510 g/mol. The van der Waals surface area contributed by atoms with Crippen molar-refractivity contribution in [3.63, 3.8) is 0 Å². The van der Waals surface area contributed by atoms with Gasteiger partial charge in [-0.25, -0.2) is 4.79 Å². The Labute approximate surface area is 204 Å². The van der Waals surface area contributed by atoms with Gasteiger partial charge in [0.25, 0.3) is 0 Å². The molecule has 2 fully saturated rings. The third-order valence-electron chi connectivity index (χ3n) is 6.47. The number of carboxylic acids is 1. The van der Waals surface area contributed by atoms with Crippen molar-refractivity contribution in [1.82, 2.24) is 0 Å². The number of benzene rings is 2. The highest BCUT2D eigenvalue weighted by molar-refractivity contribution is 5.89. The average molecular weight is 510 g/mol. The maximum Gasteiger partial charge on any atom is 0.416 e. The number of rotatable bonds is 9. The van der Waals surface area contributed by atoms with Crippen LogP contribution < -0.4 is 4.74 Å². The second-order valence-corrected chi connectivity index (χ2v) is 8.92. The fraction of sp³-hybridized carbons (Fsp3) is 0.440. The Morgan fingerprint density at radius 3 is 2.50 bits per heavy atom. The number of epoxide rings is 1. The lowest BCUT2D eigenvalue weighted by Crippen LogP contribution is -2.35. The van der Waals surface area contributed by atoms with Gasteiger partial charge in [-0.3, -0.25) is 4.79 Å². The lowest BCUT2D eigenvalue weighted by molar-refractivity contribution is -0.139. The SMILES string of the molecule is O=C(O)C[C@@H]1[C@@H]([C@H]2OC2[C@@H](O)COc2cccc(C(F)(F)F)c2)[C@H](OC(=O)c2ccccc2)C[C@@H]1O. The molecule has 0 radical (unpaired) electrons. The number of aliphatic hydroxyl groups is 2. The van der Waals surface area contributed by atoms with E-state index in [0.717, 1.165) is 12.1 Å². The molecule has 194 valence electrons. The van der Waals surface area contributed by atoms with E-state index in [2.05, 4.69) is 0 Å². The van der Waals surface area contributed by atoms with Crippen molar-refractivity contribution in [2.24, 2.45) is 11.8 Å². The predicted molar refractivity (Wildman–Crippen MR) is 117 cm³/mol. The fourth-order valence-corrected chi connectivity index (χ4v) is 4.73. The van der Waals surface area contributed by atoms with E-state index in [9.17, 15) is 38.1 Å². The third kappa shape index (κ3) is 5.97. The van der Waals surface area contributed by atoms with E-state index in [1.54, 1.807) is 30.3 Å². The van der Waals surface area contributed by atoms with Crippen LogP contribution in [0.4, 0.5) is 13.2 Å². The van der Waals surface area contributed by atoms with Gasteiger partial charge in [-0.2, -0.15) is 13.2 Å². The van der Waals surface area contributed by atoms with Gasteiger partial charge in [-0.1, -0.05) is 24.3 Å². The number of hydrogen-bond donors (Lipinski definition) is 3. The van der Waals surface area contributed by atoms with Gasteiger partial charge in [0.05, 0.1) is 29.8 Å². The van der Waals surface area contributed by atoms with Crippen molar-refractivity contribution in [2.75, 3.05) is 6.61 Å². The largest absolute Gasteiger partial charge is 0.491 e. The standard InChI is InChI=1S/C25H25F3O8/c26-25(27,28)14-7-4-8-15(9-14)34-12-18(30)22-23(36-22)21-16(10-20(31)32)17(29)11-19(21)35-24(33)13-5-2-1-3-6-13/h1-9,16-19,21-23,29-30H,10-12H2,(H,31,32)/t16-,17-,18-,19+,21+,22?,23+/m0/s1.